The molecule has 6 nitrogen and oxygen atoms in total. The number of hydrogen-bond acceptors (Lipinski definition) is 6. The number of rotatable bonds is 5. The largest absolute Gasteiger partial charge is 0.374 e. The van der Waals surface area contributed by atoms with Crippen molar-refractivity contribution in [1.82, 2.24) is 14.9 Å². The molecule has 0 amide bonds. The van der Waals surface area contributed by atoms with E-state index in [-0.39, 0.29) is 16.0 Å². The summed E-state index contributed by atoms with van der Waals surface area (Å²) in [5, 5.41) is 7.17. The van der Waals surface area contributed by atoms with Crippen LogP contribution >= 0.6 is 11.3 Å². The van der Waals surface area contributed by atoms with Crippen molar-refractivity contribution in [3.05, 3.63) is 35.4 Å². The first-order chi connectivity index (χ1) is 9.03. The topological polar surface area (TPSA) is 98.0 Å². The third-order valence-corrected chi connectivity index (χ3v) is 5.13. The fourth-order valence-corrected chi connectivity index (χ4v) is 3.47. The summed E-state index contributed by atoms with van der Waals surface area (Å²) >= 11 is 0.845. The van der Waals surface area contributed by atoms with Gasteiger partial charge in [0.2, 0.25) is 9.47 Å². The Morgan fingerprint density at radius 2 is 1.95 bits per heavy atom. The van der Waals surface area contributed by atoms with E-state index < -0.39 is 10.0 Å². The van der Waals surface area contributed by atoms with Crippen LogP contribution in [0.15, 0.2) is 28.6 Å². The molecular weight excluding hydrogens is 284 g/mol. The number of aromatic nitrogens is 2. The second-order valence-electron chi connectivity index (χ2n) is 3.85. The molecule has 0 saturated carbocycles. The maximum atomic E-state index is 12.0. The monoisotopic (exact) mass is 298 g/mol. The maximum absolute atomic E-state index is 12.0. The summed E-state index contributed by atoms with van der Waals surface area (Å²) in [6.07, 6.45) is 0.851. The highest BCUT2D eigenvalue weighted by Gasteiger charge is 2.19. The molecule has 0 unspecified atom stereocenters. The molecule has 8 heteroatoms. The van der Waals surface area contributed by atoms with Crippen molar-refractivity contribution in [3.8, 4) is 0 Å². The number of sulfonamides is 1. The van der Waals surface area contributed by atoms with Crippen molar-refractivity contribution in [2.45, 2.75) is 24.2 Å². The van der Waals surface area contributed by atoms with Crippen LogP contribution in [0.3, 0.4) is 0 Å². The van der Waals surface area contributed by atoms with Gasteiger partial charge in [-0.2, -0.15) is 0 Å². The van der Waals surface area contributed by atoms with Crippen molar-refractivity contribution in [2.75, 3.05) is 5.73 Å². The van der Waals surface area contributed by atoms with Gasteiger partial charge in [0.25, 0.3) is 10.0 Å². The molecule has 0 saturated heterocycles. The van der Waals surface area contributed by atoms with Crippen molar-refractivity contribution < 1.29 is 8.42 Å². The fraction of sp³-hybridized carbons (Fsp3) is 0.273. The van der Waals surface area contributed by atoms with Gasteiger partial charge in [0.1, 0.15) is 0 Å². The van der Waals surface area contributed by atoms with Crippen LogP contribution in [0, 0.1) is 0 Å². The lowest BCUT2D eigenvalue weighted by Gasteiger charge is -2.08. The van der Waals surface area contributed by atoms with Crippen LogP contribution in [0.4, 0.5) is 5.13 Å². The summed E-state index contributed by atoms with van der Waals surface area (Å²) in [5.74, 6) is 0. The van der Waals surface area contributed by atoms with E-state index in [1.54, 1.807) is 0 Å². The van der Waals surface area contributed by atoms with Gasteiger partial charge in [0.05, 0.1) is 0 Å². The molecule has 0 aliphatic heterocycles. The smallest absolute Gasteiger partial charge is 0.270 e. The molecule has 0 bridgehead atoms. The van der Waals surface area contributed by atoms with Gasteiger partial charge >= 0.3 is 0 Å². The quantitative estimate of drug-likeness (QED) is 0.863. The zero-order valence-corrected chi connectivity index (χ0v) is 12.0. The minimum atomic E-state index is -3.65. The molecule has 19 heavy (non-hydrogen) atoms. The highest BCUT2D eigenvalue weighted by molar-refractivity contribution is 7.91. The standard InChI is InChI=1S/C11H14N4O2S2/c1-2-8-5-3-4-6-9(8)7-13-19(16,17)11-15-14-10(12)18-11/h3-6,13H,2,7H2,1H3,(H2,12,14). The normalized spacial score (nSPS) is 11.6. The molecule has 0 radical (unpaired) electrons. The molecule has 102 valence electrons. The van der Waals surface area contributed by atoms with Crippen LogP contribution in [-0.4, -0.2) is 18.6 Å². The number of nitrogens with one attached hydrogen (secondary N) is 1. The fourth-order valence-electron chi connectivity index (χ4n) is 1.64. The van der Waals surface area contributed by atoms with Gasteiger partial charge in [0, 0.05) is 6.54 Å². The van der Waals surface area contributed by atoms with E-state index in [0.717, 1.165) is 28.9 Å². The predicted octanol–water partition coefficient (Wildman–Crippen LogP) is 1.16. The van der Waals surface area contributed by atoms with Crippen molar-refractivity contribution in [1.29, 1.82) is 0 Å². The second-order valence-corrected chi connectivity index (χ2v) is 6.80. The molecule has 0 aliphatic rings. The number of nitrogen functional groups attached to an aromatic ring is 1. The first kappa shape index (κ1) is 13.9. The van der Waals surface area contributed by atoms with Gasteiger partial charge in [-0.1, -0.05) is 42.5 Å². The Kier molecular flexibility index (Phi) is 4.13. The molecule has 0 fully saturated rings. The third-order valence-electron chi connectivity index (χ3n) is 2.60. The first-order valence-electron chi connectivity index (χ1n) is 5.68. The Morgan fingerprint density at radius 3 is 2.53 bits per heavy atom. The Labute approximate surface area is 115 Å². The van der Waals surface area contributed by atoms with Gasteiger partial charge in [-0.15, -0.1) is 10.2 Å². The zero-order valence-electron chi connectivity index (χ0n) is 10.3. The van der Waals surface area contributed by atoms with Crippen molar-refractivity contribution >= 4 is 26.5 Å². The summed E-state index contributed by atoms with van der Waals surface area (Å²) in [6.45, 7) is 2.25. The van der Waals surface area contributed by atoms with E-state index in [0.29, 0.717) is 0 Å². The van der Waals surface area contributed by atoms with E-state index >= 15 is 0 Å². The number of anilines is 1. The average Bonchev–Trinajstić information content (AvgIpc) is 2.84. The molecule has 1 aromatic carbocycles. The van der Waals surface area contributed by atoms with E-state index in [2.05, 4.69) is 14.9 Å². The lowest BCUT2D eigenvalue weighted by molar-refractivity contribution is 0.579. The van der Waals surface area contributed by atoms with Gasteiger partial charge in [-0.05, 0) is 17.5 Å². The Morgan fingerprint density at radius 1 is 1.26 bits per heavy atom. The minimum absolute atomic E-state index is 0.112. The molecular formula is C11H14N4O2S2. The molecule has 1 aromatic heterocycles. The lowest BCUT2D eigenvalue weighted by atomic mass is 10.1. The van der Waals surface area contributed by atoms with Crippen molar-refractivity contribution in [2.24, 2.45) is 0 Å². The van der Waals surface area contributed by atoms with Crippen molar-refractivity contribution in [3.63, 3.8) is 0 Å². The van der Waals surface area contributed by atoms with Crippen LogP contribution < -0.4 is 10.5 Å². The molecule has 3 N–H and O–H groups in total. The molecule has 2 aromatic rings. The molecule has 0 atom stereocenters. The van der Waals surface area contributed by atoms with Crippen LogP contribution in [0.25, 0.3) is 0 Å². The van der Waals surface area contributed by atoms with E-state index in [1.807, 2.05) is 31.2 Å². The maximum Gasteiger partial charge on any atom is 0.270 e. The van der Waals surface area contributed by atoms with E-state index in [9.17, 15) is 8.42 Å². The first-order valence-corrected chi connectivity index (χ1v) is 7.98. The SMILES string of the molecule is CCc1ccccc1CNS(=O)(=O)c1nnc(N)s1. The molecule has 0 aliphatic carbocycles. The highest BCUT2D eigenvalue weighted by atomic mass is 32.2. The second kappa shape index (κ2) is 5.64. The van der Waals surface area contributed by atoms with Gasteiger partial charge in [-0.25, -0.2) is 13.1 Å². The number of hydrogen-bond donors (Lipinski definition) is 2. The summed E-state index contributed by atoms with van der Waals surface area (Å²) in [5.41, 5.74) is 7.44. The number of benzene rings is 1. The minimum Gasteiger partial charge on any atom is -0.374 e. The van der Waals surface area contributed by atoms with Crippen LogP contribution in [0.2, 0.25) is 0 Å². The van der Waals surface area contributed by atoms with E-state index in [1.165, 1.54) is 0 Å². The predicted molar refractivity (Wildman–Crippen MR) is 74.2 cm³/mol. The van der Waals surface area contributed by atoms with Crippen LogP contribution in [0.1, 0.15) is 18.1 Å². The van der Waals surface area contributed by atoms with Gasteiger partial charge in [-0.3, -0.25) is 0 Å². The summed E-state index contributed by atoms with van der Waals surface area (Å²) in [6, 6.07) is 7.69. The van der Waals surface area contributed by atoms with Gasteiger partial charge in [0.15, 0.2) is 0 Å². The zero-order chi connectivity index (χ0) is 13.9. The van der Waals surface area contributed by atoms with Crippen LogP contribution in [-0.2, 0) is 23.0 Å². The average molecular weight is 298 g/mol. The summed E-state index contributed by atoms with van der Waals surface area (Å²) < 4.78 is 26.3. The molecule has 1 heterocycles. The number of nitrogens with two attached hydrogens (primary N) is 1. The number of aryl methyl sites for hydroxylation is 1. The van der Waals surface area contributed by atoms with E-state index in [4.69, 9.17) is 5.73 Å². The Balaban J connectivity index is 2.14. The summed E-state index contributed by atoms with van der Waals surface area (Å²) in [4.78, 5) is 0. The van der Waals surface area contributed by atoms with Crippen LogP contribution in [0.5, 0.6) is 0 Å². The summed E-state index contributed by atoms with van der Waals surface area (Å²) in [7, 11) is -3.65. The Bertz CT molecular complexity index is 667. The highest BCUT2D eigenvalue weighted by Crippen LogP contribution is 2.17. The lowest BCUT2D eigenvalue weighted by Crippen LogP contribution is -2.23. The molecule has 0 spiro atoms. The molecule has 2 rings (SSSR count). The van der Waals surface area contributed by atoms with Gasteiger partial charge < -0.3 is 5.73 Å². The Hall–Kier alpha value is -1.51. The third kappa shape index (κ3) is 3.28. The number of nitrogens with zero attached hydrogens (tertiary/aromatic N) is 2.